The zero-order valence-corrected chi connectivity index (χ0v) is 17.2. The maximum atomic E-state index is 12.7. The van der Waals surface area contributed by atoms with Crippen molar-refractivity contribution in [1.82, 2.24) is 19.7 Å². The van der Waals surface area contributed by atoms with Gasteiger partial charge in [0.1, 0.15) is 0 Å². The summed E-state index contributed by atoms with van der Waals surface area (Å²) >= 11 is 0. The van der Waals surface area contributed by atoms with E-state index in [4.69, 9.17) is 0 Å². The molecule has 30 heavy (non-hydrogen) atoms. The maximum Gasteiger partial charge on any atom is 0.321 e. The summed E-state index contributed by atoms with van der Waals surface area (Å²) in [5.74, 6) is -0.157. The highest BCUT2D eigenvalue weighted by atomic mass is 16.2. The molecule has 8 nitrogen and oxygen atoms in total. The molecule has 1 aliphatic rings. The Morgan fingerprint density at radius 3 is 2.47 bits per heavy atom. The molecule has 0 bridgehead atoms. The molecule has 0 saturated carbocycles. The summed E-state index contributed by atoms with van der Waals surface area (Å²) in [5.41, 5.74) is 2.24. The zero-order valence-electron chi connectivity index (χ0n) is 17.2. The van der Waals surface area contributed by atoms with Gasteiger partial charge in [-0.1, -0.05) is 18.2 Å². The minimum atomic E-state index is -0.128. The number of rotatable bonds is 4. The molecule has 0 spiro atoms. The smallest absolute Gasteiger partial charge is 0.321 e. The summed E-state index contributed by atoms with van der Waals surface area (Å²) in [6.45, 7) is 5.21. The predicted octanol–water partition coefficient (Wildman–Crippen LogP) is 3.89. The van der Waals surface area contributed by atoms with Crippen molar-refractivity contribution < 1.29 is 9.59 Å². The van der Waals surface area contributed by atoms with Crippen LogP contribution in [0.3, 0.4) is 0 Å². The molecule has 3 amide bonds. The van der Waals surface area contributed by atoms with Gasteiger partial charge in [0, 0.05) is 36.1 Å². The normalized spacial score (nSPS) is 14.8. The van der Waals surface area contributed by atoms with E-state index in [9.17, 15) is 9.59 Å². The fourth-order valence-electron chi connectivity index (χ4n) is 3.70. The lowest BCUT2D eigenvalue weighted by atomic mass is 9.96. The molecule has 2 N–H and O–H groups in total. The molecular formula is C22H26N6O2. The van der Waals surface area contributed by atoms with E-state index in [0.717, 1.165) is 16.7 Å². The summed E-state index contributed by atoms with van der Waals surface area (Å²) in [6, 6.07) is 11.4. The van der Waals surface area contributed by atoms with Crippen molar-refractivity contribution in [3.8, 4) is 0 Å². The number of hydrogen-bond donors (Lipinski definition) is 2. The number of carbonyl (C=O) groups is 2. The van der Waals surface area contributed by atoms with Crippen molar-refractivity contribution >= 4 is 34.3 Å². The fourth-order valence-corrected chi connectivity index (χ4v) is 3.70. The van der Waals surface area contributed by atoms with Crippen molar-refractivity contribution in [3.63, 3.8) is 0 Å². The molecule has 0 atom stereocenters. The van der Waals surface area contributed by atoms with E-state index >= 15 is 0 Å². The first kappa shape index (κ1) is 19.9. The van der Waals surface area contributed by atoms with Crippen LogP contribution in [0.25, 0.3) is 11.0 Å². The van der Waals surface area contributed by atoms with Crippen molar-refractivity contribution in [3.05, 3.63) is 48.8 Å². The average Bonchev–Trinajstić information content (AvgIpc) is 3.18. The van der Waals surface area contributed by atoms with E-state index in [2.05, 4.69) is 34.6 Å². The Balaban J connectivity index is 1.32. The number of aromatic nitrogens is 3. The second-order valence-corrected chi connectivity index (χ2v) is 7.87. The third kappa shape index (κ3) is 4.27. The number of anilines is 2. The summed E-state index contributed by atoms with van der Waals surface area (Å²) in [5, 5.41) is 11.1. The number of urea groups is 1. The zero-order chi connectivity index (χ0) is 21.1. The molecule has 4 rings (SSSR count). The minimum Gasteiger partial charge on any atom is -0.324 e. The highest BCUT2D eigenvalue weighted by Gasteiger charge is 2.27. The Morgan fingerprint density at radius 2 is 1.77 bits per heavy atom. The molecule has 2 aromatic heterocycles. The van der Waals surface area contributed by atoms with Crippen LogP contribution in [0.2, 0.25) is 0 Å². The lowest BCUT2D eigenvalue weighted by Gasteiger charge is -2.31. The van der Waals surface area contributed by atoms with Gasteiger partial charge < -0.3 is 15.5 Å². The van der Waals surface area contributed by atoms with E-state index in [1.807, 2.05) is 41.1 Å². The second-order valence-electron chi connectivity index (χ2n) is 7.87. The number of hydrogen-bond acceptors (Lipinski definition) is 4. The van der Waals surface area contributed by atoms with Crippen LogP contribution >= 0.6 is 0 Å². The van der Waals surface area contributed by atoms with Gasteiger partial charge in [-0.05, 0) is 44.9 Å². The molecule has 0 unspecified atom stereocenters. The quantitative estimate of drug-likeness (QED) is 0.687. The molecule has 3 aromatic rings. The van der Waals surface area contributed by atoms with Gasteiger partial charge in [-0.3, -0.25) is 4.79 Å². The van der Waals surface area contributed by atoms with E-state index in [0.29, 0.717) is 31.6 Å². The number of nitrogens with one attached hydrogen (secondary N) is 2. The first-order chi connectivity index (χ1) is 14.5. The third-order valence-corrected chi connectivity index (χ3v) is 5.37. The number of nitrogens with zero attached hydrogens (tertiary/aromatic N) is 4. The Labute approximate surface area is 175 Å². The molecule has 0 aliphatic carbocycles. The molecule has 156 valence electrons. The summed E-state index contributed by atoms with van der Waals surface area (Å²) < 4.78 is 1.86. The number of para-hydroxylation sites is 1. The molecule has 0 radical (unpaired) electrons. The lowest BCUT2D eigenvalue weighted by molar-refractivity contribution is -0.121. The van der Waals surface area contributed by atoms with Crippen molar-refractivity contribution in [2.45, 2.75) is 32.7 Å². The number of fused-ring (bicyclic) bond motifs is 1. The van der Waals surface area contributed by atoms with Gasteiger partial charge in [-0.2, -0.15) is 5.10 Å². The molecule has 3 heterocycles. The van der Waals surface area contributed by atoms with Gasteiger partial charge in [-0.15, -0.1) is 0 Å². The summed E-state index contributed by atoms with van der Waals surface area (Å²) in [7, 11) is 0. The third-order valence-electron chi connectivity index (χ3n) is 5.37. The van der Waals surface area contributed by atoms with Gasteiger partial charge in [-0.25, -0.2) is 14.5 Å². The minimum absolute atomic E-state index is 0.0319. The number of likely N-dealkylation sites (tertiary alicyclic amines) is 1. The Bertz CT molecular complexity index is 1040. The van der Waals surface area contributed by atoms with Crippen LogP contribution in [0, 0.1) is 5.92 Å². The van der Waals surface area contributed by atoms with Crippen LogP contribution in [-0.2, 0) is 4.79 Å². The fraction of sp³-hybridized carbons (Fsp3) is 0.364. The highest BCUT2D eigenvalue weighted by molar-refractivity contribution is 5.94. The van der Waals surface area contributed by atoms with Crippen LogP contribution < -0.4 is 10.6 Å². The summed E-state index contributed by atoms with van der Waals surface area (Å²) in [4.78, 5) is 31.3. The van der Waals surface area contributed by atoms with Crippen molar-refractivity contribution in [2.24, 2.45) is 5.92 Å². The highest BCUT2D eigenvalue weighted by Crippen LogP contribution is 2.23. The molecular weight excluding hydrogens is 380 g/mol. The first-order valence-corrected chi connectivity index (χ1v) is 10.3. The molecule has 1 fully saturated rings. The number of piperidine rings is 1. The van der Waals surface area contributed by atoms with Crippen LogP contribution in [0.15, 0.2) is 48.8 Å². The number of carbonyl (C=O) groups excluding carboxylic acids is 2. The second kappa shape index (κ2) is 8.52. The predicted molar refractivity (Wildman–Crippen MR) is 116 cm³/mol. The Kier molecular flexibility index (Phi) is 5.65. The molecule has 1 aliphatic heterocycles. The maximum absolute atomic E-state index is 12.7. The lowest BCUT2D eigenvalue weighted by Crippen LogP contribution is -2.43. The van der Waals surface area contributed by atoms with Gasteiger partial charge >= 0.3 is 6.03 Å². The van der Waals surface area contributed by atoms with E-state index in [-0.39, 0.29) is 23.9 Å². The van der Waals surface area contributed by atoms with Gasteiger partial charge in [0.25, 0.3) is 0 Å². The summed E-state index contributed by atoms with van der Waals surface area (Å²) in [6.07, 6.45) is 4.70. The van der Waals surface area contributed by atoms with Crippen molar-refractivity contribution in [2.75, 3.05) is 23.7 Å². The number of benzene rings is 1. The van der Waals surface area contributed by atoms with Gasteiger partial charge in [0.15, 0.2) is 5.65 Å². The average molecular weight is 406 g/mol. The van der Waals surface area contributed by atoms with Crippen LogP contribution in [0.4, 0.5) is 16.2 Å². The van der Waals surface area contributed by atoms with E-state index < -0.39 is 0 Å². The van der Waals surface area contributed by atoms with Crippen LogP contribution in [0.1, 0.15) is 32.7 Å². The van der Waals surface area contributed by atoms with Crippen LogP contribution in [0.5, 0.6) is 0 Å². The number of amides is 3. The SMILES string of the molecule is CC(C)n1ncc2cc(NC(=O)C3CCN(C(=O)Nc4ccccc4)CC3)cnc21. The van der Waals surface area contributed by atoms with Crippen LogP contribution in [-0.4, -0.2) is 44.7 Å². The number of pyridine rings is 1. The largest absolute Gasteiger partial charge is 0.324 e. The first-order valence-electron chi connectivity index (χ1n) is 10.3. The Morgan fingerprint density at radius 1 is 1.03 bits per heavy atom. The molecule has 1 aromatic carbocycles. The monoisotopic (exact) mass is 406 g/mol. The molecule has 8 heteroatoms. The standard InChI is InChI=1S/C22H26N6O2/c1-15(2)28-20-17(13-24-28)12-19(14-23-20)25-21(29)16-8-10-27(11-9-16)22(30)26-18-6-4-3-5-7-18/h3-7,12-16H,8-11H2,1-2H3,(H,25,29)(H,26,30). The molecule has 1 saturated heterocycles. The Hall–Kier alpha value is -3.42. The van der Waals surface area contributed by atoms with Gasteiger partial charge in [0.05, 0.1) is 18.1 Å². The topological polar surface area (TPSA) is 92.2 Å². The van der Waals surface area contributed by atoms with Gasteiger partial charge in [0.2, 0.25) is 5.91 Å². The van der Waals surface area contributed by atoms with Crippen molar-refractivity contribution in [1.29, 1.82) is 0 Å². The van der Waals surface area contributed by atoms with E-state index in [1.54, 1.807) is 17.3 Å². The van der Waals surface area contributed by atoms with E-state index in [1.165, 1.54) is 0 Å².